The van der Waals surface area contributed by atoms with Gasteiger partial charge in [0.1, 0.15) is 0 Å². The molecule has 1 aliphatic heterocycles. The lowest BCUT2D eigenvalue weighted by molar-refractivity contribution is -0.298. The molecule has 0 bridgehead atoms. The standard InChI is InChI=1S/C17H22O5/c1-5-20-15(19)14(18)12-7-6-8-13(9-12)17(4)21-10-16(2,3)11-22-17/h6-9H,5,10-11H2,1-4H3. The summed E-state index contributed by atoms with van der Waals surface area (Å²) in [6.45, 7) is 8.88. The van der Waals surface area contributed by atoms with Crippen LogP contribution in [0.3, 0.4) is 0 Å². The maximum Gasteiger partial charge on any atom is 0.379 e. The van der Waals surface area contributed by atoms with Crippen molar-refractivity contribution in [3.05, 3.63) is 35.4 Å². The normalized spacial score (nSPS) is 19.5. The zero-order valence-electron chi connectivity index (χ0n) is 13.5. The van der Waals surface area contributed by atoms with Crippen LogP contribution in [0.4, 0.5) is 0 Å². The number of carbonyl (C=O) groups excluding carboxylic acids is 2. The van der Waals surface area contributed by atoms with Crippen LogP contribution in [-0.2, 0) is 24.8 Å². The van der Waals surface area contributed by atoms with Gasteiger partial charge in [0, 0.05) is 16.5 Å². The van der Waals surface area contributed by atoms with Gasteiger partial charge in [-0.1, -0.05) is 32.0 Å². The van der Waals surface area contributed by atoms with Crippen LogP contribution < -0.4 is 0 Å². The number of esters is 1. The van der Waals surface area contributed by atoms with Gasteiger partial charge < -0.3 is 14.2 Å². The summed E-state index contributed by atoms with van der Waals surface area (Å²) in [6, 6.07) is 6.73. The molecule has 1 heterocycles. The van der Waals surface area contributed by atoms with Crippen LogP contribution in [0.2, 0.25) is 0 Å². The molecule has 0 unspecified atom stereocenters. The molecule has 0 atom stereocenters. The lowest BCUT2D eigenvalue weighted by Gasteiger charge is -2.41. The summed E-state index contributed by atoms with van der Waals surface area (Å²) >= 11 is 0. The van der Waals surface area contributed by atoms with Gasteiger partial charge in [0.15, 0.2) is 5.79 Å². The van der Waals surface area contributed by atoms with E-state index in [2.05, 4.69) is 13.8 Å². The fourth-order valence-electron chi connectivity index (χ4n) is 2.17. The Morgan fingerprint density at radius 2 is 1.82 bits per heavy atom. The summed E-state index contributed by atoms with van der Waals surface area (Å²) in [6.07, 6.45) is 0. The van der Waals surface area contributed by atoms with Crippen molar-refractivity contribution in [2.75, 3.05) is 19.8 Å². The van der Waals surface area contributed by atoms with Crippen molar-refractivity contribution in [1.82, 2.24) is 0 Å². The average molecular weight is 306 g/mol. The molecule has 0 radical (unpaired) electrons. The third kappa shape index (κ3) is 3.54. The van der Waals surface area contributed by atoms with Crippen LogP contribution in [0.1, 0.15) is 43.6 Å². The van der Waals surface area contributed by atoms with Gasteiger partial charge in [-0.05, 0) is 19.9 Å². The van der Waals surface area contributed by atoms with E-state index in [-0.39, 0.29) is 17.6 Å². The Kier molecular flexibility index (Phi) is 4.68. The average Bonchev–Trinajstić information content (AvgIpc) is 2.50. The molecule has 1 fully saturated rings. The second-order valence-electron chi connectivity index (χ2n) is 6.32. The zero-order chi connectivity index (χ0) is 16.4. The molecular formula is C17H22O5. The molecule has 0 amide bonds. The Morgan fingerprint density at radius 1 is 1.18 bits per heavy atom. The monoisotopic (exact) mass is 306 g/mol. The third-order valence-corrected chi connectivity index (χ3v) is 3.59. The van der Waals surface area contributed by atoms with Crippen LogP contribution in [0.25, 0.3) is 0 Å². The number of carbonyl (C=O) groups is 2. The van der Waals surface area contributed by atoms with E-state index in [0.29, 0.717) is 18.8 Å². The van der Waals surface area contributed by atoms with Crippen LogP contribution in [0.15, 0.2) is 24.3 Å². The van der Waals surface area contributed by atoms with Crippen molar-refractivity contribution in [2.45, 2.75) is 33.5 Å². The quantitative estimate of drug-likeness (QED) is 0.486. The topological polar surface area (TPSA) is 61.8 Å². The second kappa shape index (κ2) is 6.18. The van der Waals surface area contributed by atoms with E-state index in [1.54, 1.807) is 25.1 Å². The molecule has 5 nitrogen and oxygen atoms in total. The van der Waals surface area contributed by atoms with Gasteiger partial charge in [-0.2, -0.15) is 0 Å². The second-order valence-corrected chi connectivity index (χ2v) is 6.32. The maximum atomic E-state index is 12.0. The van der Waals surface area contributed by atoms with E-state index in [1.165, 1.54) is 0 Å². The highest BCUT2D eigenvalue weighted by atomic mass is 16.7. The Labute approximate surface area is 130 Å². The van der Waals surface area contributed by atoms with Crippen molar-refractivity contribution < 1.29 is 23.8 Å². The number of benzene rings is 1. The Balaban J connectivity index is 2.22. The van der Waals surface area contributed by atoms with E-state index in [0.717, 1.165) is 0 Å². The molecule has 1 aromatic rings. The van der Waals surface area contributed by atoms with Crippen LogP contribution in [0, 0.1) is 5.41 Å². The molecule has 1 aliphatic rings. The molecule has 0 aliphatic carbocycles. The van der Waals surface area contributed by atoms with Crippen LogP contribution in [-0.4, -0.2) is 31.6 Å². The van der Waals surface area contributed by atoms with E-state index < -0.39 is 17.5 Å². The number of Topliss-reactive ketones (excluding diaryl/α,β-unsaturated/α-hetero) is 1. The molecule has 5 heteroatoms. The summed E-state index contributed by atoms with van der Waals surface area (Å²) < 4.78 is 16.5. The number of ether oxygens (including phenoxy) is 3. The fourth-order valence-corrected chi connectivity index (χ4v) is 2.17. The Bertz CT molecular complexity index is 566. The van der Waals surface area contributed by atoms with Gasteiger partial charge in [-0.15, -0.1) is 0 Å². The highest BCUT2D eigenvalue weighted by molar-refractivity contribution is 6.40. The van der Waals surface area contributed by atoms with Gasteiger partial charge in [0.25, 0.3) is 5.78 Å². The number of hydrogen-bond donors (Lipinski definition) is 0. The highest BCUT2D eigenvalue weighted by Crippen LogP contribution is 2.36. The molecule has 0 aromatic heterocycles. The molecule has 0 N–H and O–H groups in total. The predicted octanol–water partition coefficient (Wildman–Crippen LogP) is 2.68. The molecule has 0 saturated carbocycles. The Hall–Kier alpha value is -1.72. The third-order valence-electron chi connectivity index (χ3n) is 3.59. The van der Waals surface area contributed by atoms with Crippen LogP contribution in [0.5, 0.6) is 0 Å². The first-order chi connectivity index (χ1) is 10.3. The minimum absolute atomic E-state index is 0.0438. The molecular weight excluding hydrogens is 284 g/mol. The van der Waals surface area contributed by atoms with E-state index in [4.69, 9.17) is 14.2 Å². The summed E-state index contributed by atoms with van der Waals surface area (Å²) in [4.78, 5) is 23.6. The van der Waals surface area contributed by atoms with Gasteiger partial charge in [0.2, 0.25) is 0 Å². The minimum Gasteiger partial charge on any atom is -0.460 e. The van der Waals surface area contributed by atoms with Gasteiger partial charge in [-0.25, -0.2) is 4.79 Å². The Morgan fingerprint density at radius 3 is 2.41 bits per heavy atom. The lowest BCUT2D eigenvalue weighted by atomic mass is 9.93. The smallest absolute Gasteiger partial charge is 0.379 e. The molecule has 1 aromatic carbocycles. The van der Waals surface area contributed by atoms with Crippen molar-refractivity contribution in [3.63, 3.8) is 0 Å². The molecule has 120 valence electrons. The van der Waals surface area contributed by atoms with Crippen molar-refractivity contribution in [1.29, 1.82) is 0 Å². The zero-order valence-corrected chi connectivity index (χ0v) is 13.5. The summed E-state index contributed by atoms with van der Waals surface area (Å²) in [5.41, 5.74) is 0.935. The number of ketones is 1. The highest BCUT2D eigenvalue weighted by Gasteiger charge is 2.38. The summed E-state index contributed by atoms with van der Waals surface area (Å²) in [5, 5.41) is 0. The first-order valence-electron chi connectivity index (χ1n) is 7.37. The fraction of sp³-hybridized carbons (Fsp3) is 0.529. The first kappa shape index (κ1) is 16.6. The molecule has 2 rings (SSSR count). The summed E-state index contributed by atoms with van der Waals surface area (Å²) in [7, 11) is 0. The largest absolute Gasteiger partial charge is 0.460 e. The molecule has 1 saturated heterocycles. The molecule has 0 spiro atoms. The van der Waals surface area contributed by atoms with E-state index in [1.807, 2.05) is 13.0 Å². The molecule has 22 heavy (non-hydrogen) atoms. The number of rotatable bonds is 4. The van der Waals surface area contributed by atoms with Crippen molar-refractivity contribution in [3.8, 4) is 0 Å². The maximum absolute atomic E-state index is 12.0. The van der Waals surface area contributed by atoms with Crippen molar-refractivity contribution >= 4 is 11.8 Å². The van der Waals surface area contributed by atoms with Crippen LogP contribution >= 0.6 is 0 Å². The lowest BCUT2D eigenvalue weighted by Crippen LogP contribution is -2.43. The van der Waals surface area contributed by atoms with Gasteiger partial charge in [-0.3, -0.25) is 4.79 Å². The number of hydrogen-bond acceptors (Lipinski definition) is 5. The van der Waals surface area contributed by atoms with E-state index >= 15 is 0 Å². The van der Waals surface area contributed by atoms with Gasteiger partial charge in [0.05, 0.1) is 19.8 Å². The minimum atomic E-state index is -0.916. The SMILES string of the molecule is CCOC(=O)C(=O)c1cccc(C2(C)OCC(C)(C)CO2)c1. The predicted molar refractivity (Wildman–Crippen MR) is 80.4 cm³/mol. The van der Waals surface area contributed by atoms with E-state index in [9.17, 15) is 9.59 Å². The summed E-state index contributed by atoms with van der Waals surface area (Å²) in [5.74, 6) is -2.43. The van der Waals surface area contributed by atoms with Crippen molar-refractivity contribution in [2.24, 2.45) is 5.41 Å². The first-order valence-corrected chi connectivity index (χ1v) is 7.37. The van der Waals surface area contributed by atoms with Gasteiger partial charge >= 0.3 is 5.97 Å².